The lowest BCUT2D eigenvalue weighted by molar-refractivity contribution is -0.128. The monoisotopic (exact) mass is 278 g/mol. The second kappa shape index (κ2) is 5.57. The average Bonchev–Trinajstić information content (AvgIpc) is 2.68. The van der Waals surface area contributed by atoms with E-state index in [1.807, 2.05) is 38.1 Å². The largest absolute Gasteiger partial charge is 0.497 e. The molecule has 0 aliphatic carbocycles. The van der Waals surface area contributed by atoms with Crippen LogP contribution in [0.1, 0.15) is 19.4 Å². The van der Waals surface area contributed by atoms with Crippen LogP contribution in [-0.2, 0) is 11.3 Å². The van der Waals surface area contributed by atoms with E-state index in [4.69, 9.17) is 17.0 Å². The fourth-order valence-electron chi connectivity index (χ4n) is 2.06. The van der Waals surface area contributed by atoms with Crippen molar-refractivity contribution in [2.75, 3.05) is 7.11 Å². The Balaban J connectivity index is 2.10. The van der Waals surface area contributed by atoms with E-state index in [9.17, 15) is 4.79 Å². The van der Waals surface area contributed by atoms with Gasteiger partial charge in [-0.2, -0.15) is 0 Å². The van der Waals surface area contributed by atoms with E-state index in [1.165, 1.54) is 0 Å². The van der Waals surface area contributed by atoms with Crippen molar-refractivity contribution >= 4 is 23.2 Å². The number of ether oxygens (including phenoxy) is 1. The zero-order valence-corrected chi connectivity index (χ0v) is 12.2. The summed E-state index contributed by atoms with van der Waals surface area (Å²) in [6.45, 7) is 4.52. The molecule has 1 saturated heterocycles. The molecular formula is C14H18N2O2S. The molecule has 0 saturated carbocycles. The van der Waals surface area contributed by atoms with Gasteiger partial charge in [-0.1, -0.05) is 26.0 Å². The highest BCUT2D eigenvalue weighted by molar-refractivity contribution is 7.80. The number of methoxy groups -OCH3 is 1. The molecule has 0 spiro atoms. The Labute approximate surface area is 118 Å². The van der Waals surface area contributed by atoms with E-state index < -0.39 is 0 Å². The van der Waals surface area contributed by atoms with E-state index in [1.54, 1.807) is 12.0 Å². The first-order valence-corrected chi connectivity index (χ1v) is 6.68. The summed E-state index contributed by atoms with van der Waals surface area (Å²) >= 11 is 5.23. The zero-order chi connectivity index (χ0) is 14.0. The third-order valence-corrected chi connectivity index (χ3v) is 3.56. The van der Waals surface area contributed by atoms with Crippen LogP contribution >= 0.6 is 12.2 Å². The lowest BCUT2D eigenvalue weighted by Gasteiger charge is -2.16. The van der Waals surface area contributed by atoms with Crippen LogP contribution < -0.4 is 10.1 Å². The number of carbonyl (C=O) groups excluding carboxylic acids is 1. The SMILES string of the molecule is COc1ccc(CN2C(=O)[C@H](C(C)C)NC2=S)cc1. The van der Waals surface area contributed by atoms with Gasteiger partial charge in [0, 0.05) is 0 Å². The maximum atomic E-state index is 12.2. The minimum atomic E-state index is -0.203. The molecule has 1 aliphatic rings. The summed E-state index contributed by atoms with van der Waals surface area (Å²) in [4.78, 5) is 13.9. The van der Waals surface area contributed by atoms with Crippen molar-refractivity contribution in [3.8, 4) is 5.75 Å². The van der Waals surface area contributed by atoms with Crippen LogP contribution in [-0.4, -0.2) is 29.1 Å². The molecule has 1 N–H and O–H groups in total. The third kappa shape index (κ3) is 2.87. The topological polar surface area (TPSA) is 41.6 Å². The molecule has 0 radical (unpaired) electrons. The Morgan fingerprint density at radius 3 is 2.47 bits per heavy atom. The molecule has 1 amide bonds. The van der Waals surface area contributed by atoms with Gasteiger partial charge in [-0.05, 0) is 35.8 Å². The van der Waals surface area contributed by atoms with Crippen LogP contribution in [0.5, 0.6) is 5.75 Å². The normalized spacial score (nSPS) is 18.9. The molecule has 1 aliphatic heterocycles. The van der Waals surface area contributed by atoms with Crippen LogP contribution in [0.2, 0.25) is 0 Å². The molecule has 1 aromatic carbocycles. The lowest BCUT2D eigenvalue weighted by Crippen LogP contribution is -2.34. The van der Waals surface area contributed by atoms with Gasteiger partial charge < -0.3 is 10.1 Å². The van der Waals surface area contributed by atoms with Gasteiger partial charge in [0.1, 0.15) is 11.8 Å². The molecule has 1 heterocycles. The van der Waals surface area contributed by atoms with E-state index in [2.05, 4.69) is 5.32 Å². The van der Waals surface area contributed by atoms with Gasteiger partial charge >= 0.3 is 0 Å². The molecule has 19 heavy (non-hydrogen) atoms. The van der Waals surface area contributed by atoms with Gasteiger partial charge in [-0.3, -0.25) is 9.69 Å². The maximum Gasteiger partial charge on any atom is 0.251 e. The summed E-state index contributed by atoms with van der Waals surface area (Å²) in [5.74, 6) is 1.08. The van der Waals surface area contributed by atoms with E-state index >= 15 is 0 Å². The highest BCUT2D eigenvalue weighted by Gasteiger charge is 2.36. The highest BCUT2D eigenvalue weighted by atomic mass is 32.1. The van der Waals surface area contributed by atoms with Crippen LogP contribution in [0, 0.1) is 5.92 Å². The summed E-state index contributed by atoms with van der Waals surface area (Å²) in [7, 11) is 1.63. The van der Waals surface area contributed by atoms with Gasteiger partial charge in [-0.25, -0.2) is 0 Å². The molecule has 4 nitrogen and oxygen atoms in total. The van der Waals surface area contributed by atoms with Crippen LogP contribution in [0.4, 0.5) is 0 Å². The number of rotatable bonds is 4. The minimum absolute atomic E-state index is 0.0517. The molecule has 1 aromatic rings. The van der Waals surface area contributed by atoms with Gasteiger partial charge in [-0.15, -0.1) is 0 Å². The Bertz CT molecular complexity index is 485. The number of hydrogen-bond donors (Lipinski definition) is 1. The number of nitrogens with zero attached hydrogens (tertiary/aromatic N) is 1. The van der Waals surface area contributed by atoms with Crippen LogP contribution in [0.15, 0.2) is 24.3 Å². The molecule has 2 rings (SSSR count). The van der Waals surface area contributed by atoms with Gasteiger partial charge in [0.25, 0.3) is 5.91 Å². The van der Waals surface area contributed by atoms with E-state index in [0.717, 1.165) is 11.3 Å². The average molecular weight is 278 g/mol. The summed E-state index contributed by atoms with van der Waals surface area (Å²) in [6.07, 6.45) is 0. The lowest BCUT2D eigenvalue weighted by atomic mass is 10.0. The number of carbonyl (C=O) groups is 1. The Morgan fingerprint density at radius 2 is 2.00 bits per heavy atom. The molecular weight excluding hydrogens is 260 g/mol. The number of nitrogens with one attached hydrogen (secondary N) is 1. The second-order valence-electron chi connectivity index (χ2n) is 4.94. The maximum absolute atomic E-state index is 12.2. The first kappa shape index (κ1) is 13.8. The number of hydrogen-bond acceptors (Lipinski definition) is 3. The van der Waals surface area contributed by atoms with Crippen molar-refractivity contribution < 1.29 is 9.53 Å². The minimum Gasteiger partial charge on any atom is -0.497 e. The molecule has 0 aromatic heterocycles. The van der Waals surface area contributed by atoms with Crippen LogP contribution in [0.25, 0.3) is 0 Å². The van der Waals surface area contributed by atoms with Gasteiger partial charge in [0.15, 0.2) is 5.11 Å². The number of benzene rings is 1. The Kier molecular flexibility index (Phi) is 4.04. The molecule has 0 unspecified atom stereocenters. The van der Waals surface area contributed by atoms with Crippen molar-refractivity contribution in [1.82, 2.24) is 10.2 Å². The fourth-order valence-corrected chi connectivity index (χ4v) is 2.34. The third-order valence-electron chi connectivity index (χ3n) is 3.22. The van der Waals surface area contributed by atoms with Crippen LogP contribution in [0.3, 0.4) is 0 Å². The number of amides is 1. The van der Waals surface area contributed by atoms with Crippen molar-refractivity contribution in [1.29, 1.82) is 0 Å². The van der Waals surface area contributed by atoms with Gasteiger partial charge in [0.2, 0.25) is 0 Å². The molecule has 1 atom stereocenters. The van der Waals surface area contributed by atoms with Crippen molar-refractivity contribution in [3.63, 3.8) is 0 Å². The Hall–Kier alpha value is -1.62. The second-order valence-corrected chi connectivity index (χ2v) is 5.33. The predicted molar refractivity (Wildman–Crippen MR) is 77.9 cm³/mol. The molecule has 5 heteroatoms. The number of thiocarbonyl (C=S) groups is 1. The predicted octanol–water partition coefficient (Wildman–Crippen LogP) is 1.94. The quantitative estimate of drug-likeness (QED) is 0.855. The fraction of sp³-hybridized carbons (Fsp3) is 0.429. The van der Waals surface area contributed by atoms with Crippen molar-refractivity contribution in [3.05, 3.63) is 29.8 Å². The molecule has 1 fully saturated rings. The molecule has 102 valence electrons. The van der Waals surface area contributed by atoms with E-state index in [-0.39, 0.29) is 17.9 Å². The van der Waals surface area contributed by atoms with E-state index in [0.29, 0.717) is 11.7 Å². The zero-order valence-electron chi connectivity index (χ0n) is 11.3. The highest BCUT2D eigenvalue weighted by Crippen LogP contribution is 2.18. The summed E-state index contributed by atoms with van der Waals surface area (Å²) in [5, 5.41) is 3.59. The first-order valence-electron chi connectivity index (χ1n) is 6.27. The Morgan fingerprint density at radius 1 is 1.37 bits per heavy atom. The van der Waals surface area contributed by atoms with Crippen molar-refractivity contribution in [2.24, 2.45) is 5.92 Å². The molecule has 0 bridgehead atoms. The summed E-state index contributed by atoms with van der Waals surface area (Å²) in [6, 6.07) is 7.44. The smallest absolute Gasteiger partial charge is 0.251 e. The van der Waals surface area contributed by atoms with Crippen molar-refractivity contribution in [2.45, 2.75) is 26.4 Å². The standard InChI is InChI=1S/C14H18N2O2S/c1-9(2)12-13(17)16(14(19)15-12)8-10-4-6-11(18-3)7-5-10/h4-7,9,12H,8H2,1-3H3,(H,15,19)/t12-/m0/s1. The first-order chi connectivity index (χ1) is 9.02. The summed E-state index contributed by atoms with van der Waals surface area (Å²) < 4.78 is 5.11. The van der Waals surface area contributed by atoms with Gasteiger partial charge in [0.05, 0.1) is 13.7 Å². The summed E-state index contributed by atoms with van der Waals surface area (Å²) in [5.41, 5.74) is 1.03.